The molecule has 2 aliphatic heterocycles. The molecule has 1 aromatic rings. The van der Waals surface area contributed by atoms with Gasteiger partial charge in [0.05, 0.1) is 19.1 Å². The maximum atomic E-state index is 13.2. The van der Waals surface area contributed by atoms with E-state index < -0.39 is 0 Å². The van der Waals surface area contributed by atoms with Crippen molar-refractivity contribution in [1.29, 1.82) is 0 Å². The second-order valence-electron chi connectivity index (χ2n) is 6.95. The van der Waals surface area contributed by atoms with Crippen LogP contribution in [-0.2, 0) is 9.59 Å². The van der Waals surface area contributed by atoms with Crippen LogP contribution < -0.4 is 10.1 Å². The summed E-state index contributed by atoms with van der Waals surface area (Å²) in [5.74, 6) is 0.577. The topological polar surface area (TPSA) is 61.9 Å². The van der Waals surface area contributed by atoms with Gasteiger partial charge in [0.25, 0.3) is 0 Å². The molecule has 136 valence electrons. The molecule has 0 spiro atoms. The van der Waals surface area contributed by atoms with Crippen molar-refractivity contribution >= 4 is 11.8 Å². The van der Waals surface area contributed by atoms with Gasteiger partial charge < -0.3 is 19.9 Å². The van der Waals surface area contributed by atoms with Crippen LogP contribution in [0.25, 0.3) is 0 Å². The summed E-state index contributed by atoms with van der Waals surface area (Å²) < 4.78 is 5.21. The minimum Gasteiger partial charge on any atom is -0.497 e. The van der Waals surface area contributed by atoms with Gasteiger partial charge in [-0.3, -0.25) is 9.59 Å². The van der Waals surface area contributed by atoms with Gasteiger partial charge in [-0.25, -0.2) is 0 Å². The summed E-state index contributed by atoms with van der Waals surface area (Å²) in [5, 5.41) is 3.27. The lowest BCUT2D eigenvalue weighted by Gasteiger charge is -2.35. The van der Waals surface area contributed by atoms with Crippen molar-refractivity contribution < 1.29 is 14.3 Å². The molecule has 1 N–H and O–H groups in total. The molecule has 6 heteroatoms. The maximum Gasteiger partial charge on any atom is 0.228 e. The van der Waals surface area contributed by atoms with E-state index in [1.54, 1.807) is 19.1 Å². The number of carbonyl (C=O) groups excluding carboxylic acids is 2. The third-order valence-electron chi connectivity index (χ3n) is 5.50. The highest BCUT2D eigenvalue weighted by molar-refractivity contribution is 5.90. The predicted molar refractivity (Wildman–Crippen MR) is 95.3 cm³/mol. The first-order chi connectivity index (χ1) is 12.0. The van der Waals surface area contributed by atoms with Crippen LogP contribution in [0.3, 0.4) is 0 Å². The predicted octanol–water partition coefficient (Wildman–Crippen LogP) is 1.42. The number of hydrogen-bond acceptors (Lipinski definition) is 4. The maximum absolute atomic E-state index is 13.2. The summed E-state index contributed by atoms with van der Waals surface area (Å²) in [4.78, 5) is 29.1. The van der Waals surface area contributed by atoms with Gasteiger partial charge in [-0.15, -0.1) is 0 Å². The zero-order chi connectivity index (χ0) is 18.0. The van der Waals surface area contributed by atoms with E-state index in [0.717, 1.165) is 37.2 Å². The molecule has 2 amide bonds. The zero-order valence-electron chi connectivity index (χ0n) is 15.2. The molecule has 2 fully saturated rings. The highest BCUT2D eigenvalue weighted by atomic mass is 16.5. The number of likely N-dealkylation sites (tertiary alicyclic amines) is 2. The van der Waals surface area contributed by atoms with Crippen LogP contribution in [0.15, 0.2) is 24.3 Å². The standard InChI is InChI=1S/C19H27N3O3/c1-20-14-5-4-10-22(12-14)19(24)16-11-17(23)21(2)18(16)13-6-8-15(25-3)9-7-13/h6-9,14,16,18,20H,4-5,10-12H2,1-3H3. The first-order valence-electron chi connectivity index (χ1n) is 8.90. The molecule has 2 saturated heterocycles. The Morgan fingerprint density at radius 2 is 2.00 bits per heavy atom. The van der Waals surface area contributed by atoms with Crippen molar-refractivity contribution in [1.82, 2.24) is 15.1 Å². The molecule has 6 nitrogen and oxygen atoms in total. The highest BCUT2D eigenvalue weighted by Crippen LogP contribution is 2.39. The van der Waals surface area contributed by atoms with Crippen molar-refractivity contribution in [3.63, 3.8) is 0 Å². The van der Waals surface area contributed by atoms with Crippen LogP contribution >= 0.6 is 0 Å². The number of nitrogens with one attached hydrogen (secondary N) is 1. The Bertz CT molecular complexity index is 631. The number of amides is 2. The van der Waals surface area contributed by atoms with E-state index in [1.807, 2.05) is 36.2 Å². The number of hydrogen-bond donors (Lipinski definition) is 1. The quantitative estimate of drug-likeness (QED) is 0.897. The van der Waals surface area contributed by atoms with E-state index in [1.165, 1.54) is 0 Å². The fourth-order valence-electron chi connectivity index (χ4n) is 4.00. The average Bonchev–Trinajstić information content (AvgIpc) is 2.96. The Balaban J connectivity index is 1.82. The number of likely N-dealkylation sites (N-methyl/N-ethyl adjacent to an activating group) is 1. The lowest BCUT2D eigenvalue weighted by molar-refractivity contribution is -0.138. The number of rotatable bonds is 4. The summed E-state index contributed by atoms with van der Waals surface area (Å²) >= 11 is 0. The molecule has 1 aromatic carbocycles. The second-order valence-corrected chi connectivity index (χ2v) is 6.95. The van der Waals surface area contributed by atoms with Gasteiger partial charge in [0.1, 0.15) is 5.75 Å². The number of piperidine rings is 1. The Labute approximate surface area is 149 Å². The molecule has 3 unspecified atom stereocenters. The molecule has 0 radical (unpaired) electrons. The fourth-order valence-corrected chi connectivity index (χ4v) is 4.00. The first kappa shape index (κ1) is 17.7. The van der Waals surface area contributed by atoms with Crippen LogP contribution in [-0.4, -0.2) is 62.0 Å². The number of carbonyl (C=O) groups is 2. The molecule has 0 saturated carbocycles. The molecular weight excluding hydrogens is 318 g/mol. The first-order valence-corrected chi connectivity index (χ1v) is 8.90. The molecule has 0 aliphatic carbocycles. The third kappa shape index (κ3) is 3.49. The van der Waals surface area contributed by atoms with Crippen molar-refractivity contribution in [3.8, 4) is 5.75 Å². The van der Waals surface area contributed by atoms with Crippen molar-refractivity contribution in [2.45, 2.75) is 31.3 Å². The Morgan fingerprint density at radius 1 is 1.28 bits per heavy atom. The largest absolute Gasteiger partial charge is 0.497 e. The molecule has 3 rings (SSSR count). The molecule has 25 heavy (non-hydrogen) atoms. The van der Waals surface area contributed by atoms with Gasteiger partial charge in [0.2, 0.25) is 11.8 Å². The molecular formula is C19H27N3O3. The smallest absolute Gasteiger partial charge is 0.228 e. The van der Waals surface area contributed by atoms with Gasteiger partial charge >= 0.3 is 0 Å². The molecule has 3 atom stereocenters. The summed E-state index contributed by atoms with van der Waals surface area (Å²) in [6.45, 7) is 1.50. The zero-order valence-corrected chi connectivity index (χ0v) is 15.2. The van der Waals surface area contributed by atoms with E-state index in [9.17, 15) is 9.59 Å². The minimum atomic E-state index is -0.318. The summed E-state index contributed by atoms with van der Waals surface area (Å²) in [5.41, 5.74) is 0.981. The van der Waals surface area contributed by atoms with E-state index in [0.29, 0.717) is 6.04 Å². The fraction of sp³-hybridized carbons (Fsp3) is 0.579. The monoisotopic (exact) mass is 345 g/mol. The van der Waals surface area contributed by atoms with Crippen LogP contribution in [0.5, 0.6) is 5.75 Å². The van der Waals surface area contributed by atoms with Crippen molar-refractivity contribution in [3.05, 3.63) is 29.8 Å². The second kappa shape index (κ2) is 7.44. The molecule has 0 aromatic heterocycles. The number of benzene rings is 1. The molecule has 0 bridgehead atoms. The minimum absolute atomic E-state index is 0.0290. The van der Waals surface area contributed by atoms with Crippen LogP contribution in [0.4, 0.5) is 0 Å². The van der Waals surface area contributed by atoms with Gasteiger partial charge in [-0.2, -0.15) is 0 Å². The lowest BCUT2D eigenvalue weighted by Crippen LogP contribution is -2.49. The Morgan fingerprint density at radius 3 is 2.64 bits per heavy atom. The number of nitrogens with zero attached hydrogens (tertiary/aromatic N) is 2. The SMILES string of the molecule is CNC1CCCN(C(=O)C2CC(=O)N(C)C2c2ccc(OC)cc2)C1. The summed E-state index contributed by atoms with van der Waals surface area (Å²) in [7, 11) is 5.35. The van der Waals surface area contributed by atoms with Gasteiger partial charge in [-0.05, 0) is 37.6 Å². The van der Waals surface area contributed by atoms with Gasteiger partial charge in [-0.1, -0.05) is 12.1 Å². The highest BCUT2D eigenvalue weighted by Gasteiger charge is 2.44. The summed E-state index contributed by atoms with van der Waals surface area (Å²) in [6.07, 6.45) is 2.37. The van der Waals surface area contributed by atoms with E-state index in [-0.39, 0.29) is 30.2 Å². The van der Waals surface area contributed by atoms with Crippen LogP contribution in [0.2, 0.25) is 0 Å². The normalized spacial score (nSPS) is 26.8. The van der Waals surface area contributed by atoms with Crippen molar-refractivity contribution in [2.24, 2.45) is 5.92 Å². The van der Waals surface area contributed by atoms with E-state index in [2.05, 4.69) is 5.32 Å². The average molecular weight is 345 g/mol. The van der Waals surface area contributed by atoms with Crippen molar-refractivity contribution in [2.75, 3.05) is 34.3 Å². The van der Waals surface area contributed by atoms with Crippen LogP contribution in [0.1, 0.15) is 30.9 Å². The Kier molecular flexibility index (Phi) is 5.27. The van der Waals surface area contributed by atoms with E-state index >= 15 is 0 Å². The number of ether oxygens (including phenoxy) is 1. The van der Waals surface area contributed by atoms with Gasteiger partial charge in [0.15, 0.2) is 0 Å². The van der Waals surface area contributed by atoms with E-state index in [4.69, 9.17) is 4.74 Å². The third-order valence-corrected chi connectivity index (χ3v) is 5.50. The molecule has 2 heterocycles. The van der Waals surface area contributed by atoms with Gasteiger partial charge in [0, 0.05) is 32.6 Å². The van der Waals surface area contributed by atoms with Crippen LogP contribution in [0, 0.1) is 5.92 Å². The number of methoxy groups -OCH3 is 1. The summed E-state index contributed by atoms with van der Waals surface area (Å²) in [6, 6.07) is 7.79. The Hall–Kier alpha value is -2.08. The molecule has 2 aliphatic rings. The lowest BCUT2D eigenvalue weighted by atomic mass is 9.91.